The molecule has 0 atom stereocenters. The second-order valence-corrected chi connectivity index (χ2v) is 5.56. The molecule has 3 nitrogen and oxygen atoms in total. The number of aryl methyl sites for hydroxylation is 1. The summed E-state index contributed by atoms with van der Waals surface area (Å²) >= 11 is 1.82. The monoisotopic (exact) mass is 239 g/mol. The molecule has 16 heavy (non-hydrogen) atoms. The van der Waals surface area contributed by atoms with Crippen LogP contribution in [-0.2, 0) is 12.3 Å². The van der Waals surface area contributed by atoms with E-state index in [0.717, 1.165) is 29.9 Å². The summed E-state index contributed by atoms with van der Waals surface area (Å²) in [6, 6.07) is 0. The SMILES string of the molecule is CSCc1nc(C)nn1CC1CCCCC1. The van der Waals surface area contributed by atoms with E-state index in [4.69, 9.17) is 0 Å². The minimum Gasteiger partial charge on any atom is -0.249 e. The van der Waals surface area contributed by atoms with Gasteiger partial charge in [0.25, 0.3) is 0 Å². The van der Waals surface area contributed by atoms with Crippen LogP contribution in [0.2, 0.25) is 0 Å². The third-order valence-electron chi connectivity index (χ3n) is 3.28. The highest BCUT2D eigenvalue weighted by Gasteiger charge is 2.16. The van der Waals surface area contributed by atoms with Crippen LogP contribution in [-0.4, -0.2) is 21.0 Å². The summed E-state index contributed by atoms with van der Waals surface area (Å²) in [6.07, 6.45) is 9.08. The zero-order valence-corrected chi connectivity index (χ0v) is 11.1. The van der Waals surface area contributed by atoms with Crippen molar-refractivity contribution < 1.29 is 0 Å². The van der Waals surface area contributed by atoms with Gasteiger partial charge in [-0.2, -0.15) is 16.9 Å². The van der Waals surface area contributed by atoms with Crippen molar-refractivity contribution in [3.05, 3.63) is 11.6 Å². The van der Waals surface area contributed by atoms with Crippen molar-refractivity contribution in [3.63, 3.8) is 0 Å². The molecule has 0 unspecified atom stereocenters. The van der Waals surface area contributed by atoms with Gasteiger partial charge in [-0.1, -0.05) is 19.3 Å². The first-order valence-electron chi connectivity index (χ1n) is 6.19. The minimum atomic E-state index is 0.829. The molecule has 0 amide bonds. The van der Waals surface area contributed by atoms with Crippen LogP contribution in [0.15, 0.2) is 0 Å². The van der Waals surface area contributed by atoms with Crippen LogP contribution in [0.25, 0.3) is 0 Å². The molecular weight excluding hydrogens is 218 g/mol. The highest BCUT2D eigenvalue weighted by Crippen LogP contribution is 2.25. The van der Waals surface area contributed by atoms with Crippen molar-refractivity contribution in [1.29, 1.82) is 0 Å². The van der Waals surface area contributed by atoms with E-state index in [1.165, 1.54) is 32.1 Å². The number of nitrogens with zero attached hydrogens (tertiary/aromatic N) is 3. The van der Waals surface area contributed by atoms with Gasteiger partial charge in [0.05, 0.1) is 5.75 Å². The Kier molecular flexibility index (Phi) is 4.27. The van der Waals surface area contributed by atoms with Crippen LogP contribution >= 0.6 is 11.8 Å². The van der Waals surface area contributed by atoms with Crippen LogP contribution in [0.5, 0.6) is 0 Å². The van der Waals surface area contributed by atoms with E-state index in [2.05, 4.69) is 21.0 Å². The Morgan fingerprint density at radius 3 is 2.75 bits per heavy atom. The molecule has 4 heteroatoms. The Morgan fingerprint density at radius 1 is 1.31 bits per heavy atom. The third-order valence-corrected chi connectivity index (χ3v) is 3.83. The summed E-state index contributed by atoms with van der Waals surface area (Å²) in [7, 11) is 0. The van der Waals surface area contributed by atoms with Gasteiger partial charge in [-0.25, -0.2) is 9.67 Å². The minimum absolute atomic E-state index is 0.829. The fourth-order valence-electron chi connectivity index (χ4n) is 2.50. The van der Waals surface area contributed by atoms with Crippen molar-refractivity contribution in [2.75, 3.05) is 6.26 Å². The molecule has 0 aliphatic heterocycles. The fraction of sp³-hybridized carbons (Fsp3) is 0.833. The van der Waals surface area contributed by atoms with Crippen LogP contribution in [0, 0.1) is 12.8 Å². The summed E-state index contributed by atoms with van der Waals surface area (Å²) in [5.74, 6) is 3.87. The summed E-state index contributed by atoms with van der Waals surface area (Å²) in [5.41, 5.74) is 0. The molecule has 0 N–H and O–H groups in total. The van der Waals surface area contributed by atoms with Crippen molar-refractivity contribution in [3.8, 4) is 0 Å². The van der Waals surface area contributed by atoms with Crippen LogP contribution in [0.4, 0.5) is 0 Å². The second kappa shape index (κ2) is 5.71. The first-order chi connectivity index (χ1) is 7.79. The molecule has 2 rings (SSSR count). The van der Waals surface area contributed by atoms with Gasteiger partial charge in [0.15, 0.2) is 0 Å². The van der Waals surface area contributed by atoms with Crippen molar-refractivity contribution in [1.82, 2.24) is 14.8 Å². The normalized spacial score (nSPS) is 17.9. The standard InChI is InChI=1S/C12H21N3S/c1-10-13-12(9-16-2)15(14-10)8-11-6-4-3-5-7-11/h11H,3-9H2,1-2H3. The highest BCUT2D eigenvalue weighted by atomic mass is 32.2. The van der Waals surface area contributed by atoms with E-state index in [-0.39, 0.29) is 0 Å². The second-order valence-electron chi connectivity index (χ2n) is 4.69. The lowest BCUT2D eigenvalue weighted by Crippen LogP contribution is -2.16. The molecule has 0 radical (unpaired) electrons. The fourth-order valence-corrected chi connectivity index (χ4v) is 2.97. The lowest BCUT2D eigenvalue weighted by Gasteiger charge is -2.21. The molecule has 1 fully saturated rings. The largest absolute Gasteiger partial charge is 0.249 e. The Balaban J connectivity index is 2.01. The van der Waals surface area contributed by atoms with Gasteiger partial charge in [0.2, 0.25) is 0 Å². The quantitative estimate of drug-likeness (QED) is 0.809. The zero-order valence-electron chi connectivity index (χ0n) is 10.3. The number of thioether (sulfide) groups is 1. The topological polar surface area (TPSA) is 30.7 Å². The molecule has 1 aliphatic carbocycles. The van der Waals surface area contributed by atoms with Gasteiger partial charge in [-0.3, -0.25) is 0 Å². The Labute approximate surface area is 102 Å². The number of aromatic nitrogens is 3. The predicted molar refractivity (Wildman–Crippen MR) is 68.6 cm³/mol. The first kappa shape index (κ1) is 12.0. The summed E-state index contributed by atoms with van der Waals surface area (Å²) in [6.45, 7) is 3.07. The molecule has 1 aromatic rings. The van der Waals surface area contributed by atoms with Gasteiger partial charge in [0.1, 0.15) is 11.6 Å². The summed E-state index contributed by atoms with van der Waals surface area (Å²) in [4.78, 5) is 4.50. The third kappa shape index (κ3) is 3.00. The molecule has 0 aromatic carbocycles. The lowest BCUT2D eigenvalue weighted by molar-refractivity contribution is 0.305. The number of rotatable bonds is 4. The molecule has 0 saturated heterocycles. The van der Waals surface area contributed by atoms with E-state index in [1.54, 1.807) is 0 Å². The maximum absolute atomic E-state index is 4.52. The average Bonchev–Trinajstić information content (AvgIpc) is 2.61. The Hall–Kier alpha value is -0.510. The van der Waals surface area contributed by atoms with E-state index in [0.29, 0.717) is 0 Å². The van der Waals surface area contributed by atoms with Crippen LogP contribution in [0.3, 0.4) is 0 Å². The number of hydrogen-bond acceptors (Lipinski definition) is 3. The van der Waals surface area contributed by atoms with Crippen LogP contribution < -0.4 is 0 Å². The van der Waals surface area contributed by atoms with Gasteiger partial charge in [-0.15, -0.1) is 0 Å². The average molecular weight is 239 g/mol. The summed E-state index contributed by atoms with van der Waals surface area (Å²) < 4.78 is 2.14. The molecule has 1 heterocycles. The van der Waals surface area contributed by atoms with Crippen molar-refractivity contribution in [2.24, 2.45) is 5.92 Å². The van der Waals surface area contributed by atoms with Gasteiger partial charge in [-0.05, 0) is 31.9 Å². The number of hydrogen-bond donors (Lipinski definition) is 0. The van der Waals surface area contributed by atoms with Gasteiger partial charge in [0, 0.05) is 6.54 Å². The Bertz CT molecular complexity index is 329. The molecule has 90 valence electrons. The zero-order chi connectivity index (χ0) is 11.4. The molecule has 1 aliphatic rings. The van der Waals surface area contributed by atoms with Gasteiger partial charge >= 0.3 is 0 Å². The molecule has 0 spiro atoms. The van der Waals surface area contributed by atoms with E-state index in [9.17, 15) is 0 Å². The maximum Gasteiger partial charge on any atom is 0.147 e. The highest BCUT2D eigenvalue weighted by molar-refractivity contribution is 7.97. The molecule has 1 aromatic heterocycles. The van der Waals surface area contributed by atoms with Crippen molar-refractivity contribution >= 4 is 11.8 Å². The summed E-state index contributed by atoms with van der Waals surface area (Å²) in [5, 5.41) is 4.52. The lowest BCUT2D eigenvalue weighted by atomic mass is 9.89. The van der Waals surface area contributed by atoms with E-state index in [1.807, 2.05) is 18.7 Å². The van der Waals surface area contributed by atoms with E-state index >= 15 is 0 Å². The molecule has 0 bridgehead atoms. The smallest absolute Gasteiger partial charge is 0.147 e. The molecular formula is C12H21N3S. The first-order valence-corrected chi connectivity index (χ1v) is 7.58. The van der Waals surface area contributed by atoms with E-state index < -0.39 is 0 Å². The predicted octanol–water partition coefficient (Wildman–Crippen LogP) is 3.03. The Morgan fingerprint density at radius 2 is 2.06 bits per heavy atom. The van der Waals surface area contributed by atoms with Gasteiger partial charge < -0.3 is 0 Å². The maximum atomic E-state index is 4.52. The van der Waals surface area contributed by atoms with Crippen LogP contribution in [0.1, 0.15) is 43.8 Å². The van der Waals surface area contributed by atoms with Crippen molar-refractivity contribution in [2.45, 2.75) is 51.3 Å². The molecule has 1 saturated carbocycles.